The minimum Gasteiger partial charge on any atom is -0.458 e. The Morgan fingerprint density at radius 2 is 1.50 bits per heavy atom. The highest BCUT2D eigenvalue weighted by Crippen LogP contribution is 2.22. The Balaban J connectivity index is 2.23. The van der Waals surface area contributed by atoms with E-state index in [0.717, 1.165) is 5.56 Å². The number of aryl methyl sites for hydroxylation is 1. The summed E-state index contributed by atoms with van der Waals surface area (Å²) in [4.78, 5) is 25.1. The molecule has 2 rings (SSSR count). The molecule has 8 nitrogen and oxygen atoms in total. The number of carbonyl (C=O) groups is 2. The summed E-state index contributed by atoms with van der Waals surface area (Å²) in [6.45, 7) is 12.2. The van der Waals surface area contributed by atoms with Crippen molar-refractivity contribution < 1.29 is 31.7 Å². The van der Waals surface area contributed by atoms with Gasteiger partial charge in [0.1, 0.15) is 27.9 Å². The number of hydrogen-bond acceptors (Lipinski definition) is 7. The molecule has 9 heteroatoms. The monoisotopic (exact) mass is 491 g/mol. The average Bonchev–Trinajstić information content (AvgIpc) is 2.65. The fourth-order valence-electron chi connectivity index (χ4n) is 2.86. The van der Waals surface area contributed by atoms with Gasteiger partial charge in [-0.15, -0.1) is 0 Å². The van der Waals surface area contributed by atoms with E-state index in [1.165, 1.54) is 24.3 Å². The fourth-order valence-corrected chi connectivity index (χ4v) is 3.78. The molecular formula is C25H33NO7S. The highest BCUT2D eigenvalue weighted by atomic mass is 32.2. The average molecular weight is 492 g/mol. The van der Waals surface area contributed by atoms with Gasteiger partial charge in [0.25, 0.3) is 0 Å². The van der Waals surface area contributed by atoms with Crippen LogP contribution in [0.1, 0.15) is 52.7 Å². The van der Waals surface area contributed by atoms with Gasteiger partial charge in [-0.1, -0.05) is 29.8 Å². The van der Waals surface area contributed by atoms with Crippen molar-refractivity contribution >= 4 is 22.2 Å². The molecule has 1 N–H and O–H groups in total. The van der Waals surface area contributed by atoms with Crippen molar-refractivity contribution in [2.45, 2.75) is 77.0 Å². The molecular weight excluding hydrogens is 458 g/mol. The first-order valence-corrected chi connectivity index (χ1v) is 12.3. The number of carbonyl (C=O) groups excluding carboxylic acids is 2. The molecule has 34 heavy (non-hydrogen) atoms. The van der Waals surface area contributed by atoms with Gasteiger partial charge in [-0.05, 0) is 78.3 Å². The Labute approximate surface area is 201 Å². The van der Waals surface area contributed by atoms with E-state index in [1.807, 2.05) is 6.92 Å². The number of amides is 1. The second-order valence-electron chi connectivity index (χ2n) is 9.93. The number of benzene rings is 2. The van der Waals surface area contributed by atoms with Gasteiger partial charge in [0.05, 0.1) is 0 Å². The van der Waals surface area contributed by atoms with E-state index < -0.39 is 39.4 Å². The summed E-state index contributed by atoms with van der Waals surface area (Å²) in [6.07, 6.45) is -0.728. The lowest BCUT2D eigenvalue weighted by atomic mass is 10.1. The van der Waals surface area contributed by atoms with Gasteiger partial charge in [-0.25, -0.2) is 9.59 Å². The van der Waals surface area contributed by atoms with Gasteiger partial charge in [0, 0.05) is 6.42 Å². The molecule has 0 aromatic heterocycles. The largest absolute Gasteiger partial charge is 0.458 e. The molecule has 0 saturated heterocycles. The van der Waals surface area contributed by atoms with Crippen LogP contribution in [0.4, 0.5) is 4.79 Å². The molecule has 0 radical (unpaired) electrons. The van der Waals surface area contributed by atoms with Gasteiger partial charge >= 0.3 is 22.2 Å². The molecule has 2 aromatic rings. The minimum atomic E-state index is -4.04. The van der Waals surface area contributed by atoms with Gasteiger partial charge in [0.2, 0.25) is 0 Å². The third-order valence-electron chi connectivity index (χ3n) is 4.24. The van der Waals surface area contributed by atoms with Crippen LogP contribution in [-0.2, 0) is 30.8 Å². The Kier molecular flexibility index (Phi) is 8.36. The Bertz CT molecular complexity index is 1110. The molecule has 1 amide bonds. The number of hydrogen-bond donors (Lipinski definition) is 1. The van der Waals surface area contributed by atoms with E-state index in [9.17, 15) is 18.0 Å². The molecule has 0 saturated carbocycles. The van der Waals surface area contributed by atoms with E-state index in [0.29, 0.717) is 5.56 Å². The van der Waals surface area contributed by atoms with Crippen molar-refractivity contribution in [1.82, 2.24) is 5.32 Å². The molecule has 2 aromatic carbocycles. The van der Waals surface area contributed by atoms with Crippen LogP contribution in [-0.4, -0.2) is 37.7 Å². The predicted octanol–water partition coefficient (Wildman–Crippen LogP) is 4.54. The normalized spacial score (nSPS) is 13.0. The third-order valence-corrected chi connectivity index (χ3v) is 5.50. The van der Waals surface area contributed by atoms with E-state index >= 15 is 0 Å². The first kappa shape index (κ1) is 27.2. The highest BCUT2D eigenvalue weighted by Gasteiger charge is 2.29. The second kappa shape index (κ2) is 10.5. The summed E-state index contributed by atoms with van der Waals surface area (Å²) < 4.78 is 41.2. The van der Waals surface area contributed by atoms with Crippen molar-refractivity contribution in [3.63, 3.8) is 0 Å². The Morgan fingerprint density at radius 3 is 2.06 bits per heavy atom. The van der Waals surface area contributed by atoms with Crippen LogP contribution in [0.2, 0.25) is 0 Å². The predicted molar refractivity (Wildman–Crippen MR) is 128 cm³/mol. The van der Waals surface area contributed by atoms with Gasteiger partial charge in [-0.3, -0.25) is 0 Å². The highest BCUT2D eigenvalue weighted by molar-refractivity contribution is 7.87. The SMILES string of the molecule is Cc1ccc(S(=O)(=O)Oc2cccc(C[C@H](NC(=O)OC(C)(C)C)C(=O)OC(C)(C)C)c2)cc1. The van der Waals surface area contributed by atoms with Crippen LogP contribution < -0.4 is 9.50 Å². The standard InChI is InChI=1S/C25H33NO7S/c1-17-11-13-20(14-12-17)34(29,30)33-19-10-8-9-18(15-19)16-21(22(27)31-24(2,3)4)26-23(28)32-25(5,6)7/h8-15,21H,16H2,1-7H3,(H,26,28)/t21-/m0/s1. The molecule has 0 bridgehead atoms. The molecule has 0 aliphatic rings. The van der Waals surface area contributed by atoms with Crippen LogP contribution in [0.15, 0.2) is 53.4 Å². The van der Waals surface area contributed by atoms with Crippen molar-refractivity contribution in [3.05, 3.63) is 59.7 Å². The number of nitrogens with one attached hydrogen (secondary N) is 1. The zero-order chi connectivity index (χ0) is 25.7. The fraction of sp³-hybridized carbons (Fsp3) is 0.440. The van der Waals surface area contributed by atoms with E-state index in [1.54, 1.807) is 65.8 Å². The second-order valence-corrected chi connectivity index (χ2v) is 11.5. The van der Waals surface area contributed by atoms with Crippen LogP contribution in [0.3, 0.4) is 0 Å². The smallest absolute Gasteiger partial charge is 0.408 e. The maximum Gasteiger partial charge on any atom is 0.408 e. The molecule has 0 heterocycles. The first-order chi connectivity index (χ1) is 15.5. The van der Waals surface area contributed by atoms with Crippen LogP contribution in [0.5, 0.6) is 5.75 Å². The maximum atomic E-state index is 12.8. The van der Waals surface area contributed by atoms with Crippen molar-refractivity contribution in [1.29, 1.82) is 0 Å². The zero-order valence-electron chi connectivity index (χ0n) is 20.7. The topological polar surface area (TPSA) is 108 Å². The molecule has 0 unspecified atom stereocenters. The zero-order valence-corrected chi connectivity index (χ0v) is 21.5. The van der Waals surface area contributed by atoms with Gasteiger partial charge < -0.3 is 19.0 Å². The van der Waals surface area contributed by atoms with Crippen LogP contribution in [0.25, 0.3) is 0 Å². The summed E-state index contributed by atoms with van der Waals surface area (Å²) in [7, 11) is -4.04. The molecule has 0 aliphatic heterocycles. The minimum absolute atomic E-state index is 0.0294. The summed E-state index contributed by atoms with van der Waals surface area (Å²) in [6, 6.07) is 11.5. The molecule has 0 spiro atoms. The number of rotatable bonds is 7. The van der Waals surface area contributed by atoms with Gasteiger partial charge in [0.15, 0.2) is 0 Å². The number of esters is 1. The molecule has 1 atom stereocenters. The summed E-state index contributed by atoms with van der Waals surface area (Å²) >= 11 is 0. The van der Waals surface area contributed by atoms with E-state index in [-0.39, 0.29) is 17.1 Å². The Morgan fingerprint density at radius 1 is 0.912 bits per heavy atom. The van der Waals surface area contributed by atoms with Crippen molar-refractivity contribution in [2.24, 2.45) is 0 Å². The summed E-state index contributed by atoms with van der Waals surface area (Å²) in [5, 5.41) is 2.55. The Hall–Kier alpha value is -3.07. The van der Waals surface area contributed by atoms with Crippen LogP contribution in [0, 0.1) is 6.92 Å². The van der Waals surface area contributed by atoms with Crippen molar-refractivity contribution in [2.75, 3.05) is 0 Å². The quantitative estimate of drug-likeness (QED) is 0.447. The lowest BCUT2D eigenvalue weighted by Crippen LogP contribution is -2.47. The van der Waals surface area contributed by atoms with Crippen molar-refractivity contribution in [3.8, 4) is 5.75 Å². The third kappa shape index (κ3) is 9.05. The molecule has 0 fully saturated rings. The lowest BCUT2D eigenvalue weighted by Gasteiger charge is -2.26. The molecule has 0 aliphatic carbocycles. The summed E-state index contributed by atoms with van der Waals surface area (Å²) in [5.41, 5.74) is -0.0336. The maximum absolute atomic E-state index is 12.8. The first-order valence-electron chi connectivity index (χ1n) is 10.9. The van der Waals surface area contributed by atoms with E-state index in [2.05, 4.69) is 5.32 Å². The number of alkyl carbamates (subject to hydrolysis) is 1. The van der Waals surface area contributed by atoms with Gasteiger partial charge in [-0.2, -0.15) is 8.42 Å². The van der Waals surface area contributed by atoms with E-state index in [4.69, 9.17) is 13.7 Å². The number of ether oxygens (including phenoxy) is 2. The summed E-state index contributed by atoms with van der Waals surface area (Å²) in [5.74, 6) is -0.560. The lowest BCUT2D eigenvalue weighted by molar-refractivity contribution is -0.157. The molecule has 186 valence electrons. The van der Waals surface area contributed by atoms with Crippen LogP contribution >= 0.6 is 0 Å².